The molecule has 5 heteroatoms. The fourth-order valence-electron chi connectivity index (χ4n) is 4.23. The molecule has 0 spiro atoms. The Kier molecular flexibility index (Phi) is 6.67. The second kappa shape index (κ2) is 9.79. The van der Waals surface area contributed by atoms with Gasteiger partial charge in [-0.15, -0.1) is 0 Å². The fourth-order valence-corrected chi connectivity index (χ4v) is 4.23. The van der Waals surface area contributed by atoms with Crippen molar-refractivity contribution >= 4 is 17.8 Å². The van der Waals surface area contributed by atoms with Crippen LogP contribution in [0.1, 0.15) is 51.0 Å². The maximum absolute atomic E-state index is 12.4. The zero-order chi connectivity index (χ0) is 20.8. The van der Waals surface area contributed by atoms with E-state index in [2.05, 4.69) is 47.6 Å². The van der Waals surface area contributed by atoms with Crippen LogP contribution in [0.15, 0.2) is 54.4 Å². The average Bonchev–Trinajstić information content (AvgIpc) is 2.77. The Balaban J connectivity index is 1.30. The quantitative estimate of drug-likeness (QED) is 0.704. The van der Waals surface area contributed by atoms with Crippen LogP contribution in [0.25, 0.3) is 6.08 Å². The molecular weight excluding hydrogens is 374 g/mol. The number of amides is 2. The second-order valence-electron chi connectivity index (χ2n) is 8.53. The smallest absolute Gasteiger partial charge is 0.321 e. The van der Waals surface area contributed by atoms with E-state index in [9.17, 15) is 4.79 Å². The molecule has 30 heavy (non-hydrogen) atoms. The number of carbonyl (C=O) groups excluding carboxylic acids is 1. The first-order valence-corrected chi connectivity index (χ1v) is 11.1. The third-order valence-electron chi connectivity index (χ3n) is 6.10. The first-order valence-electron chi connectivity index (χ1n) is 11.1. The first kappa shape index (κ1) is 20.5. The van der Waals surface area contributed by atoms with Gasteiger partial charge >= 0.3 is 6.03 Å². The Morgan fingerprint density at radius 1 is 1.13 bits per heavy atom. The van der Waals surface area contributed by atoms with E-state index in [4.69, 9.17) is 4.74 Å². The predicted octanol–water partition coefficient (Wildman–Crippen LogP) is 5.75. The van der Waals surface area contributed by atoms with Gasteiger partial charge in [-0.1, -0.05) is 30.7 Å². The summed E-state index contributed by atoms with van der Waals surface area (Å²) in [6.07, 6.45) is 12.6. The van der Waals surface area contributed by atoms with Gasteiger partial charge in [0.15, 0.2) is 0 Å². The molecule has 5 nitrogen and oxygen atoms in total. The SMILES string of the molecule is CC1CCC(Oc2cccc(C=C3CCN(C(=O)Nc4cccnc4)CC3)c2)CC1. The number of aromatic nitrogens is 1. The highest BCUT2D eigenvalue weighted by atomic mass is 16.5. The van der Waals surface area contributed by atoms with E-state index in [1.165, 1.54) is 24.0 Å². The van der Waals surface area contributed by atoms with E-state index in [1.54, 1.807) is 12.4 Å². The van der Waals surface area contributed by atoms with Gasteiger partial charge in [-0.25, -0.2) is 4.79 Å². The van der Waals surface area contributed by atoms with Crippen molar-refractivity contribution in [3.63, 3.8) is 0 Å². The van der Waals surface area contributed by atoms with E-state index in [0.29, 0.717) is 6.10 Å². The van der Waals surface area contributed by atoms with Gasteiger partial charge in [-0.05, 0) is 74.3 Å². The molecule has 2 heterocycles. The molecule has 1 aromatic carbocycles. The lowest BCUT2D eigenvalue weighted by molar-refractivity contribution is 0.135. The molecule has 1 saturated carbocycles. The van der Waals surface area contributed by atoms with Crippen molar-refractivity contribution in [3.8, 4) is 5.75 Å². The maximum Gasteiger partial charge on any atom is 0.321 e. The minimum atomic E-state index is -0.0563. The second-order valence-corrected chi connectivity index (χ2v) is 8.53. The number of hydrogen-bond acceptors (Lipinski definition) is 3. The third-order valence-corrected chi connectivity index (χ3v) is 6.10. The van der Waals surface area contributed by atoms with Crippen LogP contribution < -0.4 is 10.1 Å². The molecule has 2 amide bonds. The molecule has 1 aromatic heterocycles. The standard InChI is InChI=1S/C25H31N3O2/c1-19-7-9-23(10-8-19)30-24-6-2-4-21(17-24)16-20-11-14-28(15-12-20)25(29)27-22-5-3-13-26-18-22/h2-6,13,16-19,23H,7-12,14-15H2,1H3,(H,27,29). The van der Waals surface area contributed by atoms with Crippen LogP contribution in [0, 0.1) is 5.92 Å². The number of piperidine rings is 1. The lowest BCUT2D eigenvalue weighted by atomic mass is 9.89. The Hall–Kier alpha value is -2.82. The summed E-state index contributed by atoms with van der Waals surface area (Å²) in [5.41, 5.74) is 3.29. The van der Waals surface area contributed by atoms with Crippen LogP contribution in [0.4, 0.5) is 10.5 Å². The van der Waals surface area contributed by atoms with Gasteiger partial charge < -0.3 is 15.0 Å². The minimum absolute atomic E-state index is 0.0563. The van der Waals surface area contributed by atoms with Gasteiger partial charge in [0.2, 0.25) is 0 Å². The number of nitrogens with zero attached hydrogens (tertiary/aromatic N) is 2. The van der Waals surface area contributed by atoms with Gasteiger partial charge in [-0.3, -0.25) is 4.98 Å². The van der Waals surface area contributed by atoms with Crippen LogP contribution >= 0.6 is 0 Å². The number of likely N-dealkylation sites (tertiary alicyclic amines) is 1. The lowest BCUT2D eigenvalue weighted by Gasteiger charge is -2.28. The van der Waals surface area contributed by atoms with Crippen molar-refractivity contribution in [2.24, 2.45) is 5.92 Å². The number of carbonyl (C=O) groups is 1. The van der Waals surface area contributed by atoms with E-state index < -0.39 is 0 Å². The molecule has 158 valence electrons. The number of rotatable bonds is 4. The largest absolute Gasteiger partial charge is 0.490 e. The monoisotopic (exact) mass is 405 g/mol. The molecule has 1 aliphatic carbocycles. The Morgan fingerprint density at radius 3 is 2.67 bits per heavy atom. The zero-order valence-corrected chi connectivity index (χ0v) is 17.7. The molecule has 2 aliphatic rings. The Bertz CT molecular complexity index is 863. The number of pyridine rings is 1. The molecular formula is C25H31N3O2. The lowest BCUT2D eigenvalue weighted by Crippen LogP contribution is -2.39. The van der Waals surface area contributed by atoms with Crippen LogP contribution in [-0.2, 0) is 0 Å². The molecule has 4 rings (SSSR count). The number of benzene rings is 1. The summed E-state index contributed by atoms with van der Waals surface area (Å²) in [6.45, 7) is 3.79. The highest BCUT2D eigenvalue weighted by molar-refractivity contribution is 5.89. The number of hydrogen-bond donors (Lipinski definition) is 1. The molecule has 0 radical (unpaired) electrons. The highest BCUT2D eigenvalue weighted by Crippen LogP contribution is 2.28. The van der Waals surface area contributed by atoms with Crippen molar-refractivity contribution in [1.82, 2.24) is 9.88 Å². The van der Waals surface area contributed by atoms with Crippen molar-refractivity contribution in [2.45, 2.75) is 51.6 Å². The van der Waals surface area contributed by atoms with Gasteiger partial charge in [-0.2, -0.15) is 0 Å². The summed E-state index contributed by atoms with van der Waals surface area (Å²) in [4.78, 5) is 18.3. The highest BCUT2D eigenvalue weighted by Gasteiger charge is 2.20. The maximum atomic E-state index is 12.4. The molecule has 1 aliphatic heterocycles. The van der Waals surface area contributed by atoms with E-state index in [0.717, 1.165) is 56.1 Å². The molecule has 0 bridgehead atoms. The fraction of sp³-hybridized carbons (Fsp3) is 0.440. The zero-order valence-electron chi connectivity index (χ0n) is 17.7. The third kappa shape index (κ3) is 5.62. The molecule has 1 N–H and O–H groups in total. The average molecular weight is 406 g/mol. The Labute approximate surface area is 179 Å². The predicted molar refractivity (Wildman–Crippen MR) is 121 cm³/mol. The minimum Gasteiger partial charge on any atom is -0.490 e. The summed E-state index contributed by atoms with van der Waals surface area (Å²) < 4.78 is 6.24. The number of urea groups is 1. The van der Waals surface area contributed by atoms with Crippen LogP contribution in [-0.4, -0.2) is 35.1 Å². The topological polar surface area (TPSA) is 54.5 Å². The summed E-state index contributed by atoms with van der Waals surface area (Å²) in [5, 5.41) is 2.91. The van der Waals surface area contributed by atoms with Gasteiger partial charge in [0.25, 0.3) is 0 Å². The van der Waals surface area contributed by atoms with Crippen LogP contribution in [0.3, 0.4) is 0 Å². The van der Waals surface area contributed by atoms with Crippen molar-refractivity contribution < 1.29 is 9.53 Å². The number of ether oxygens (including phenoxy) is 1. The summed E-state index contributed by atoms with van der Waals surface area (Å²) in [6, 6.07) is 12.0. The van der Waals surface area contributed by atoms with Gasteiger partial charge in [0.05, 0.1) is 18.0 Å². The number of nitrogens with one attached hydrogen (secondary N) is 1. The normalized spacial score (nSPS) is 21.8. The summed E-state index contributed by atoms with van der Waals surface area (Å²) in [5.74, 6) is 1.80. The number of anilines is 1. The molecule has 1 saturated heterocycles. The van der Waals surface area contributed by atoms with Crippen molar-refractivity contribution in [2.75, 3.05) is 18.4 Å². The van der Waals surface area contributed by atoms with Crippen molar-refractivity contribution in [3.05, 3.63) is 59.9 Å². The van der Waals surface area contributed by atoms with Crippen LogP contribution in [0.2, 0.25) is 0 Å². The Morgan fingerprint density at radius 2 is 1.93 bits per heavy atom. The first-order chi connectivity index (χ1) is 14.7. The van der Waals surface area contributed by atoms with E-state index in [1.807, 2.05) is 17.0 Å². The molecule has 2 aromatic rings. The molecule has 0 unspecified atom stereocenters. The van der Waals surface area contributed by atoms with Gasteiger partial charge in [0.1, 0.15) is 5.75 Å². The summed E-state index contributed by atoms with van der Waals surface area (Å²) >= 11 is 0. The van der Waals surface area contributed by atoms with Crippen molar-refractivity contribution in [1.29, 1.82) is 0 Å². The van der Waals surface area contributed by atoms with Gasteiger partial charge in [0, 0.05) is 19.3 Å². The summed E-state index contributed by atoms with van der Waals surface area (Å²) in [7, 11) is 0. The molecule has 0 atom stereocenters. The van der Waals surface area contributed by atoms with Crippen LogP contribution in [0.5, 0.6) is 5.75 Å². The molecule has 2 fully saturated rings. The van der Waals surface area contributed by atoms with E-state index in [-0.39, 0.29) is 6.03 Å². The van der Waals surface area contributed by atoms with E-state index >= 15 is 0 Å².